The van der Waals surface area contributed by atoms with Gasteiger partial charge in [0.05, 0.1) is 10.2 Å². The highest BCUT2D eigenvalue weighted by Crippen LogP contribution is 2.30. The van der Waals surface area contributed by atoms with Gasteiger partial charge in [0.15, 0.2) is 5.13 Å². The Morgan fingerprint density at radius 3 is 2.38 bits per heavy atom. The lowest BCUT2D eigenvalue weighted by Gasteiger charge is -2.19. The lowest BCUT2D eigenvalue weighted by atomic mass is 9.87. The summed E-state index contributed by atoms with van der Waals surface area (Å²) in [6, 6.07) is 15.0. The van der Waals surface area contributed by atoms with Crippen LogP contribution in [0.5, 0.6) is 0 Å². The molecule has 0 saturated carbocycles. The molecular formula is C18H20N2S. The Hall–Kier alpha value is -1.87. The van der Waals surface area contributed by atoms with Crippen LogP contribution in [0, 0.1) is 6.92 Å². The summed E-state index contributed by atoms with van der Waals surface area (Å²) >= 11 is 1.69. The Labute approximate surface area is 129 Å². The van der Waals surface area contributed by atoms with Gasteiger partial charge >= 0.3 is 0 Å². The monoisotopic (exact) mass is 296 g/mol. The van der Waals surface area contributed by atoms with Crippen molar-refractivity contribution in [2.75, 3.05) is 5.32 Å². The number of benzene rings is 2. The molecule has 3 heteroatoms. The molecule has 2 nitrogen and oxygen atoms in total. The maximum atomic E-state index is 4.63. The average Bonchev–Trinajstić information content (AvgIpc) is 2.79. The summed E-state index contributed by atoms with van der Waals surface area (Å²) in [5, 5.41) is 4.34. The van der Waals surface area contributed by atoms with E-state index in [4.69, 9.17) is 0 Å². The van der Waals surface area contributed by atoms with Crippen LogP contribution in [0.25, 0.3) is 10.2 Å². The highest BCUT2D eigenvalue weighted by molar-refractivity contribution is 7.22. The molecule has 0 aliphatic carbocycles. The summed E-state index contributed by atoms with van der Waals surface area (Å²) in [5.41, 5.74) is 4.93. The molecule has 0 radical (unpaired) electrons. The van der Waals surface area contributed by atoms with Crippen molar-refractivity contribution in [3.8, 4) is 0 Å². The summed E-state index contributed by atoms with van der Waals surface area (Å²) < 4.78 is 1.23. The van der Waals surface area contributed by atoms with E-state index in [-0.39, 0.29) is 5.41 Å². The van der Waals surface area contributed by atoms with Gasteiger partial charge in [0, 0.05) is 5.69 Å². The minimum Gasteiger partial charge on any atom is -0.332 e. The summed E-state index contributed by atoms with van der Waals surface area (Å²) in [4.78, 5) is 4.63. The highest BCUT2D eigenvalue weighted by Gasteiger charge is 2.13. The molecule has 0 unspecified atom stereocenters. The van der Waals surface area contributed by atoms with Gasteiger partial charge in [-0.2, -0.15) is 0 Å². The van der Waals surface area contributed by atoms with Crippen molar-refractivity contribution in [2.24, 2.45) is 0 Å². The molecule has 0 aliphatic heterocycles. The van der Waals surface area contributed by atoms with Crippen LogP contribution in [0.4, 0.5) is 10.8 Å². The van der Waals surface area contributed by atoms with Crippen molar-refractivity contribution in [3.05, 3.63) is 53.6 Å². The van der Waals surface area contributed by atoms with Crippen LogP contribution in [-0.2, 0) is 5.41 Å². The molecule has 0 aliphatic rings. The van der Waals surface area contributed by atoms with Crippen LogP contribution in [0.2, 0.25) is 0 Å². The van der Waals surface area contributed by atoms with Crippen molar-refractivity contribution < 1.29 is 0 Å². The van der Waals surface area contributed by atoms with Crippen molar-refractivity contribution in [1.82, 2.24) is 4.98 Å². The zero-order valence-corrected chi connectivity index (χ0v) is 13.7. The Bertz CT molecular complexity index is 764. The standard InChI is InChI=1S/C18H20N2S/c1-12-5-10-15-16(11-12)21-17(20-15)19-14-8-6-13(7-9-14)18(2,3)4/h5-11H,1-4H3,(H,19,20). The van der Waals surface area contributed by atoms with Crippen LogP contribution in [0.15, 0.2) is 42.5 Å². The molecule has 0 saturated heterocycles. The third kappa shape index (κ3) is 3.08. The molecule has 0 amide bonds. The first kappa shape index (κ1) is 14.1. The molecule has 1 aromatic heterocycles. The van der Waals surface area contributed by atoms with Gasteiger partial charge in [-0.3, -0.25) is 0 Å². The van der Waals surface area contributed by atoms with Crippen molar-refractivity contribution in [3.63, 3.8) is 0 Å². The summed E-state index contributed by atoms with van der Waals surface area (Å²) in [6.45, 7) is 8.79. The van der Waals surface area contributed by atoms with Gasteiger partial charge in [0.2, 0.25) is 0 Å². The molecule has 1 N–H and O–H groups in total. The van der Waals surface area contributed by atoms with Gasteiger partial charge in [-0.05, 0) is 47.7 Å². The third-order valence-electron chi connectivity index (χ3n) is 3.55. The van der Waals surface area contributed by atoms with Gasteiger partial charge in [0.25, 0.3) is 0 Å². The van der Waals surface area contributed by atoms with Crippen LogP contribution >= 0.6 is 11.3 Å². The first-order chi connectivity index (χ1) is 9.91. The number of nitrogens with one attached hydrogen (secondary N) is 1. The van der Waals surface area contributed by atoms with Crippen molar-refractivity contribution >= 4 is 32.4 Å². The number of aryl methyl sites for hydroxylation is 1. The zero-order chi connectivity index (χ0) is 15.0. The van der Waals surface area contributed by atoms with Gasteiger partial charge < -0.3 is 5.32 Å². The molecule has 1 heterocycles. The molecule has 21 heavy (non-hydrogen) atoms. The van der Waals surface area contributed by atoms with Crippen molar-refractivity contribution in [1.29, 1.82) is 0 Å². The lowest BCUT2D eigenvalue weighted by Crippen LogP contribution is -2.10. The molecule has 0 fully saturated rings. The highest BCUT2D eigenvalue weighted by atomic mass is 32.1. The molecule has 0 bridgehead atoms. The number of nitrogens with zero attached hydrogens (tertiary/aromatic N) is 1. The Morgan fingerprint density at radius 2 is 1.71 bits per heavy atom. The Balaban J connectivity index is 1.84. The van der Waals surface area contributed by atoms with Gasteiger partial charge in [-0.1, -0.05) is 50.3 Å². The number of fused-ring (bicyclic) bond motifs is 1. The van der Waals surface area contributed by atoms with Gasteiger partial charge in [-0.25, -0.2) is 4.98 Å². The summed E-state index contributed by atoms with van der Waals surface area (Å²) in [7, 11) is 0. The SMILES string of the molecule is Cc1ccc2nc(Nc3ccc(C(C)(C)C)cc3)sc2c1. The number of hydrogen-bond acceptors (Lipinski definition) is 3. The van der Waals surface area contributed by atoms with E-state index < -0.39 is 0 Å². The van der Waals surface area contributed by atoms with E-state index in [0.29, 0.717) is 0 Å². The van der Waals surface area contributed by atoms with E-state index in [2.05, 4.69) is 80.5 Å². The quantitative estimate of drug-likeness (QED) is 0.661. The smallest absolute Gasteiger partial charge is 0.188 e. The van der Waals surface area contributed by atoms with E-state index in [1.165, 1.54) is 15.8 Å². The number of anilines is 2. The molecular weight excluding hydrogens is 276 g/mol. The predicted molar refractivity (Wildman–Crippen MR) is 92.8 cm³/mol. The minimum atomic E-state index is 0.186. The minimum absolute atomic E-state index is 0.186. The van der Waals surface area contributed by atoms with Gasteiger partial charge in [0.1, 0.15) is 0 Å². The van der Waals surface area contributed by atoms with Crippen LogP contribution < -0.4 is 5.32 Å². The number of hydrogen-bond donors (Lipinski definition) is 1. The van der Waals surface area contributed by atoms with Crippen LogP contribution in [-0.4, -0.2) is 4.98 Å². The topological polar surface area (TPSA) is 24.9 Å². The number of aromatic nitrogens is 1. The lowest BCUT2D eigenvalue weighted by molar-refractivity contribution is 0.590. The number of thiazole rings is 1. The maximum Gasteiger partial charge on any atom is 0.188 e. The van der Waals surface area contributed by atoms with Gasteiger partial charge in [-0.15, -0.1) is 0 Å². The molecule has 3 rings (SSSR count). The molecule has 3 aromatic rings. The molecule has 108 valence electrons. The molecule has 0 spiro atoms. The van der Waals surface area contributed by atoms with Crippen LogP contribution in [0.3, 0.4) is 0 Å². The molecule has 2 aromatic carbocycles. The second kappa shape index (κ2) is 5.15. The zero-order valence-electron chi connectivity index (χ0n) is 12.9. The Kier molecular flexibility index (Phi) is 3.46. The maximum absolute atomic E-state index is 4.63. The fourth-order valence-corrected chi connectivity index (χ4v) is 3.25. The van der Waals surface area contributed by atoms with E-state index in [0.717, 1.165) is 16.3 Å². The first-order valence-electron chi connectivity index (χ1n) is 7.16. The summed E-state index contributed by atoms with van der Waals surface area (Å²) in [6.07, 6.45) is 0. The third-order valence-corrected chi connectivity index (χ3v) is 4.48. The first-order valence-corrected chi connectivity index (χ1v) is 7.98. The fraction of sp³-hybridized carbons (Fsp3) is 0.278. The van der Waals surface area contributed by atoms with E-state index in [1.807, 2.05) is 0 Å². The second-order valence-electron chi connectivity index (χ2n) is 6.44. The van der Waals surface area contributed by atoms with E-state index >= 15 is 0 Å². The van der Waals surface area contributed by atoms with Crippen molar-refractivity contribution in [2.45, 2.75) is 33.1 Å². The van der Waals surface area contributed by atoms with E-state index in [9.17, 15) is 0 Å². The number of rotatable bonds is 2. The Morgan fingerprint density at radius 1 is 1.00 bits per heavy atom. The predicted octanol–water partition coefficient (Wildman–Crippen LogP) is 5.65. The normalized spacial score (nSPS) is 11.8. The fourth-order valence-electron chi connectivity index (χ4n) is 2.26. The van der Waals surface area contributed by atoms with E-state index in [1.54, 1.807) is 11.3 Å². The second-order valence-corrected chi connectivity index (χ2v) is 7.47. The van der Waals surface area contributed by atoms with Crippen LogP contribution in [0.1, 0.15) is 31.9 Å². The largest absolute Gasteiger partial charge is 0.332 e. The average molecular weight is 296 g/mol. The molecule has 0 atom stereocenters. The summed E-state index contributed by atoms with van der Waals surface area (Å²) in [5.74, 6) is 0.